The Hall–Kier alpha value is -0.790. The van der Waals surface area contributed by atoms with Crippen LogP contribution in [0.1, 0.15) is 51.4 Å². The lowest BCUT2D eigenvalue weighted by molar-refractivity contribution is -0.135. The van der Waals surface area contributed by atoms with Gasteiger partial charge in [-0.1, -0.05) is 24.0 Å². The molecule has 0 aromatic carbocycles. The molecule has 3 aliphatic rings. The quantitative estimate of drug-likeness (QED) is 0.621. The van der Waals surface area contributed by atoms with E-state index in [1.807, 2.05) is 0 Å². The summed E-state index contributed by atoms with van der Waals surface area (Å²) in [7, 11) is 0. The molecule has 0 spiro atoms. The summed E-state index contributed by atoms with van der Waals surface area (Å²) >= 11 is 0. The lowest BCUT2D eigenvalue weighted by atomic mass is 10.00. The van der Waals surface area contributed by atoms with E-state index in [-0.39, 0.29) is 0 Å². The number of hydrogen-bond donors (Lipinski definition) is 0. The third-order valence-corrected chi connectivity index (χ3v) is 4.38. The van der Waals surface area contributed by atoms with Gasteiger partial charge in [0.05, 0.1) is 0 Å². The smallest absolute Gasteiger partial charge is 0.225 e. The first-order valence-electron chi connectivity index (χ1n) is 6.83. The maximum Gasteiger partial charge on any atom is 0.225 e. The second kappa shape index (κ2) is 4.23. The Balaban J connectivity index is 1.56. The number of carbonyl (C=O) groups excluding carboxylic acids is 1. The lowest BCUT2D eigenvalue weighted by Gasteiger charge is -2.30. The van der Waals surface area contributed by atoms with Crippen LogP contribution in [-0.2, 0) is 4.79 Å². The van der Waals surface area contributed by atoms with Crippen LogP contribution < -0.4 is 0 Å². The zero-order valence-corrected chi connectivity index (χ0v) is 10.0. The highest BCUT2D eigenvalue weighted by molar-refractivity contribution is 5.79. The zero-order chi connectivity index (χ0) is 11.0. The monoisotopic (exact) mass is 219 g/mol. The largest absolute Gasteiger partial charge is 0.342 e. The van der Waals surface area contributed by atoms with Crippen LogP contribution in [0.25, 0.3) is 0 Å². The van der Waals surface area contributed by atoms with E-state index in [1.54, 1.807) is 11.1 Å². The number of nitrogens with zero attached hydrogens (tertiary/aromatic N) is 1. The molecule has 88 valence electrons. The molecule has 2 aliphatic carbocycles. The van der Waals surface area contributed by atoms with Gasteiger partial charge in [-0.3, -0.25) is 4.79 Å². The van der Waals surface area contributed by atoms with Gasteiger partial charge in [0.2, 0.25) is 5.91 Å². The molecule has 1 aliphatic heterocycles. The Morgan fingerprint density at radius 1 is 0.938 bits per heavy atom. The second-order valence-corrected chi connectivity index (χ2v) is 5.51. The van der Waals surface area contributed by atoms with Gasteiger partial charge in [0.15, 0.2) is 0 Å². The van der Waals surface area contributed by atoms with Gasteiger partial charge in [-0.25, -0.2) is 0 Å². The summed E-state index contributed by atoms with van der Waals surface area (Å²) in [5.41, 5.74) is 3.38. The van der Waals surface area contributed by atoms with Crippen molar-refractivity contribution < 1.29 is 4.79 Å². The van der Waals surface area contributed by atoms with E-state index < -0.39 is 0 Å². The van der Waals surface area contributed by atoms with Crippen molar-refractivity contribution in [2.45, 2.75) is 51.4 Å². The summed E-state index contributed by atoms with van der Waals surface area (Å²) in [6, 6.07) is 0. The van der Waals surface area contributed by atoms with Crippen molar-refractivity contribution in [3.05, 3.63) is 11.1 Å². The van der Waals surface area contributed by atoms with Gasteiger partial charge in [0.1, 0.15) is 0 Å². The molecule has 0 bridgehead atoms. The fraction of sp³-hybridized carbons (Fsp3) is 0.786. The molecule has 0 unspecified atom stereocenters. The predicted molar refractivity (Wildman–Crippen MR) is 64.0 cm³/mol. The fourth-order valence-corrected chi connectivity index (χ4v) is 3.20. The average molecular weight is 219 g/mol. The molecular weight excluding hydrogens is 198 g/mol. The third kappa shape index (κ3) is 2.02. The van der Waals surface area contributed by atoms with Crippen molar-refractivity contribution in [1.82, 2.24) is 4.90 Å². The highest BCUT2D eigenvalue weighted by atomic mass is 16.2. The zero-order valence-electron chi connectivity index (χ0n) is 10.0. The number of amides is 1. The van der Waals surface area contributed by atoms with E-state index >= 15 is 0 Å². The molecule has 0 radical (unpaired) electrons. The van der Waals surface area contributed by atoms with E-state index in [9.17, 15) is 4.79 Å². The Kier molecular flexibility index (Phi) is 2.74. The Labute approximate surface area is 97.7 Å². The summed E-state index contributed by atoms with van der Waals surface area (Å²) < 4.78 is 0. The molecule has 16 heavy (non-hydrogen) atoms. The van der Waals surface area contributed by atoms with E-state index in [1.165, 1.54) is 25.7 Å². The maximum absolute atomic E-state index is 12.2. The van der Waals surface area contributed by atoms with Crippen molar-refractivity contribution in [3.8, 4) is 0 Å². The third-order valence-electron chi connectivity index (χ3n) is 4.38. The minimum absolute atomic E-state index is 0.370. The standard InChI is InChI=1S/C14H21NO/c16-14(13-3-1-2-4-13)15-9-7-12(8-10-15)11-5-6-11/h13H,1-10H2. The normalized spacial score (nSPS) is 26.4. The molecule has 0 aromatic rings. The Morgan fingerprint density at radius 3 is 2.06 bits per heavy atom. The molecule has 3 fully saturated rings. The minimum Gasteiger partial charge on any atom is -0.342 e. The van der Waals surface area contributed by atoms with Crippen molar-refractivity contribution in [2.75, 3.05) is 13.1 Å². The van der Waals surface area contributed by atoms with E-state index in [4.69, 9.17) is 0 Å². The van der Waals surface area contributed by atoms with Gasteiger partial charge in [-0.15, -0.1) is 0 Å². The highest BCUT2D eigenvalue weighted by Crippen LogP contribution is 2.36. The summed E-state index contributed by atoms with van der Waals surface area (Å²) in [6.07, 6.45) is 9.81. The Bertz CT molecular complexity index is 310. The average Bonchev–Trinajstić information content (AvgIpc) is 3.04. The number of rotatable bonds is 1. The molecule has 2 nitrogen and oxygen atoms in total. The number of piperidine rings is 1. The molecule has 2 saturated carbocycles. The molecule has 0 N–H and O–H groups in total. The van der Waals surface area contributed by atoms with E-state index in [0.717, 1.165) is 38.8 Å². The molecule has 1 heterocycles. The van der Waals surface area contributed by atoms with Crippen molar-refractivity contribution in [3.63, 3.8) is 0 Å². The fourth-order valence-electron chi connectivity index (χ4n) is 3.20. The number of hydrogen-bond acceptors (Lipinski definition) is 1. The highest BCUT2D eigenvalue weighted by Gasteiger charge is 2.29. The summed E-state index contributed by atoms with van der Waals surface area (Å²) in [6.45, 7) is 1.99. The summed E-state index contributed by atoms with van der Waals surface area (Å²) in [4.78, 5) is 14.3. The van der Waals surface area contributed by atoms with Gasteiger partial charge in [-0.2, -0.15) is 0 Å². The van der Waals surface area contributed by atoms with Gasteiger partial charge < -0.3 is 4.90 Å². The van der Waals surface area contributed by atoms with Gasteiger partial charge >= 0.3 is 0 Å². The van der Waals surface area contributed by atoms with Gasteiger partial charge in [0, 0.05) is 19.0 Å². The SMILES string of the molecule is O=C(C1CCCC1)N1CCC(=C2CC2)CC1. The maximum atomic E-state index is 12.2. The van der Waals surface area contributed by atoms with Crippen LogP contribution in [0.15, 0.2) is 11.1 Å². The molecule has 0 aromatic heterocycles. The van der Waals surface area contributed by atoms with E-state index in [2.05, 4.69) is 4.90 Å². The predicted octanol–water partition coefficient (Wildman–Crippen LogP) is 2.89. The first kappa shape index (κ1) is 10.4. The number of likely N-dealkylation sites (tertiary alicyclic amines) is 1. The minimum atomic E-state index is 0.370. The molecule has 0 atom stereocenters. The first-order chi connectivity index (χ1) is 7.84. The molecule has 1 saturated heterocycles. The van der Waals surface area contributed by atoms with E-state index in [0.29, 0.717) is 11.8 Å². The second-order valence-electron chi connectivity index (χ2n) is 5.51. The topological polar surface area (TPSA) is 20.3 Å². The van der Waals surface area contributed by atoms with Crippen LogP contribution in [0.3, 0.4) is 0 Å². The number of carbonyl (C=O) groups is 1. The molecule has 2 heteroatoms. The van der Waals surface area contributed by atoms with Crippen LogP contribution in [0, 0.1) is 5.92 Å². The van der Waals surface area contributed by atoms with Crippen molar-refractivity contribution >= 4 is 5.91 Å². The van der Waals surface area contributed by atoms with Crippen LogP contribution in [0.2, 0.25) is 0 Å². The van der Waals surface area contributed by atoms with Crippen LogP contribution in [0.5, 0.6) is 0 Å². The van der Waals surface area contributed by atoms with Gasteiger partial charge in [-0.05, 0) is 38.5 Å². The molecule has 3 rings (SSSR count). The van der Waals surface area contributed by atoms with Crippen LogP contribution in [-0.4, -0.2) is 23.9 Å². The first-order valence-corrected chi connectivity index (χ1v) is 6.83. The van der Waals surface area contributed by atoms with Crippen molar-refractivity contribution in [2.24, 2.45) is 5.92 Å². The van der Waals surface area contributed by atoms with Crippen LogP contribution in [0.4, 0.5) is 0 Å². The van der Waals surface area contributed by atoms with Gasteiger partial charge in [0.25, 0.3) is 0 Å². The van der Waals surface area contributed by atoms with Crippen molar-refractivity contribution in [1.29, 1.82) is 0 Å². The molecular formula is C14H21NO. The number of allylic oxidation sites excluding steroid dienone is 1. The summed E-state index contributed by atoms with van der Waals surface area (Å²) in [5.74, 6) is 0.826. The summed E-state index contributed by atoms with van der Waals surface area (Å²) in [5, 5.41) is 0. The van der Waals surface area contributed by atoms with Crippen LogP contribution >= 0.6 is 0 Å². The molecule has 1 amide bonds. The Morgan fingerprint density at radius 2 is 1.50 bits per heavy atom. The lowest BCUT2D eigenvalue weighted by Crippen LogP contribution is -2.39.